The summed E-state index contributed by atoms with van der Waals surface area (Å²) < 4.78 is 32.4. The van der Waals surface area contributed by atoms with Crippen LogP contribution in [0.15, 0.2) is 18.2 Å². The quantitative estimate of drug-likeness (QED) is 0.853. The van der Waals surface area contributed by atoms with Gasteiger partial charge in [0.2, 0.25) is 11.8 Å². The second-order valence-corrected chi connectivity index (χ2v) is 6.42. The van der Waals surface area contributed by atoms with Crippen LogP contribution in [0.25, 0.3) is 0 Å². The third-order valence-corrected chi connectivity index (χ3v) is 4.73. The number of carbonyl (C=O) groups excluding carboxylic acids is 2. The van der Waals surface area contributed by atoms with E-state index in [2.05, 4.69) is 5.32 Å². The van der Waals surface area contributed by atoms with Crippen LogP contribution >= 0.6 is 0 Å². The van der Waals surface area contributed by atoms with E-state index in [1.807, 2.05) is 0 Å². The molecule has 5 nitrogen and oxygen atoms in total. The van der Waals surface area contributed by atoms with Gasteiger partial charge in [-0.25, -0.2) is 8.78 Å². The minimum Gasteiger partial charge on any atom is -0.376 e. The lowest BCUT2D eigenvalue weighted by molar-refractivity contribution is -0.139. The molecule has 0 saturated carbocycles. The number of likely N-dealkylation sites (tertiary alicyclic amines) is 1. The van der Waals surface area contributed by atoms with E-state index in [1.165, 1.54) is 19.1 Å². The van der Waals surface area contributed by atoms with Gasteiger partial charge in [0.25, 0.3) is 0 Å². The minimum absolute atomic E-state index is 0.00726. The van der Waals surface area contributed by atoms with E-state index in [9.17, 15) is 18.4 Å². The maximum atomic E-state index is 13.6. The summed E-state index contributed by atoms with van der Waals surface area (Å²) in [5, 5.41) is 2.60. The van der Waals surface area contributed by atoms with E-state index >= 15 is 0 Å². The fourth-order valence-electron chi connectivity index (χ4n) is 3.15. The summed E-state index contributed by atoms with van der Waals surface area (Å²) >= 11 is 0. The van der Waals surface area contributed by atoms with Gasteiger partial charge >= 0.3 is 0 Å². The molecule has 2 amide bonds. The molecule has 0 aliphatic carbocycles. The number of nitrogens with zero attached hydrogens (tertiary/aromatic N) is 1. The first kappa shape index (κ1) is 19.3. The highest BCUT2D eigenvalue weighted by Gasteiger charge is 2.36. The average Bonchev–Trinajstić information content (AvgIpc) is 2.61. The number of benzene rings is 1. The minimum atomic E-state index is -0.944. The largest absolute Gasteiger partial charge is 0.376 e. The number of amides is 2. The second kappa shape index (κ2) is 8.38. The smallest absolute Gasteiger partial charge is 0.220 e. The molecular formula is C18H24F2N2O3. The molecule has 2 rings (SSSR count). The van der Waals surface area contributed by atoms with Crippen molar-refractivity contribution in [1.82, 2.24) is 10.2 Å². The first-order valence-electron chi connectivity index (χ1n) is 8.37. The lowest BCUT2D eigenvalue weighted by Crippen LogP contribution is -2.51. The van der Waals surface area contributed by atoms with Gasteiger partial charge in [0.15, 0.2) is 11.6 Å². The molecule has 138 valence electrons. The molecule has 1 aliphatic rings. The fraction of sp³-hybridized carbons (Fsp3) is 0.556. The molecule has 0 unspecified atom stereocenters. The van der Waals surface area contributed by atoms with Gasteiger partial charge in [-0.15, -0.1) is 0 Å². The van der Waals surface area contributed by atoms with E-state index in [1.54, 1.807) is 12.0 Å². The van der Waals surface area contributed by atoms with Crippen molar-refractivity contribution in [2.75, 3.05) is 20.2 Å². The van der Waals surface area contributed by atoms with Crippen LogP contribution in [-0.2, 0) is 20.9 Å². The number of ether oxygens (including phenoxy) is 1. The van der Waals surface area contributed by atoms with Crippen LogP contribution in [0.4, 0.5) is 8.78 Å². The first-order chi connectivity index (χ1) is 11.9. The Morgan fingerprint density at radius 1 is 1.36 bits per heavy atom. The summed E-state index contributed by atoms with van der Waals surface area (Å²) in [6.07, 6.45) is 2.25. The van der Waals surface area contributed by atoms with Crippen molar-refractivity contribution >= 4 is 11.8 Å². The summed E-state index contributed by atoms with van der Waals surface area (Å²) in [5.74, 6) is -2.15. The third kappa shape index (κ3) is 4.98. The van der Waals surface area contributed by atoms with Gasteiger partial charge in [-0.05, 0) is 25.3 Å². The SMILES string of the molecule is CO[C@@]1(CCC(=O)NCc2cccc(F)c2F)CCCN(C(C)=O)C1. The van der Waals surface area contributed by atoms with Gasteiger partial charge in [-0.2, -0.15) is 0 Å². The van der Waals surface area contributed by atoms with Crippen LogP contribution in [0.5, 0.6) is 0 Å². The zero-order valence-electron chi connectivity index (χ0n) is 14.6. The third-order valence-electron chi connectivity index (χ3n) is 4.73. The standard InChI is InChI=1S/C18H24F2N2O3/c1-13(23)22-10-4-8-18(12-22,25-2)9-7-16(24)21-11-14-5-3-6-15(19)17(14)20/h3,5-6H,4,7-12H2,1-2H3,(H,21,24)/t18-/m1/s1. The number of hydrogen-bond acceptors (Lipinski definition) is 3. The molecule has 1 aromatic carbocycles. The first-order valence-corrected chi connectivity index (χ1v) is 8.37. The molecule has 0 spiro atoms. The van der Waals surface area contributed by atoms with Gasteiger partial charge in [-0.3, -0.25) is 9.59 Å². The Morgan fingerprint density at radius 2 is 2.12 bits per heavy atom. The predicted octanol–water partition coefficient (Wildman–Crippen LogP) is 2.39. The number of rotatable bonds is 6. The predicted molar refractivity (Wildman–Crippen MR) is 88.7 cm³/mol. The maximum absolute atomic E-state index is 13.6. The van der Waals surface area contributed by atoms with Gasteiger partial charge in [-0.1, -0.05) is 12.1 Å². The Kier molecular flexibility index (Phi) is 6.47. The summed E-state index contributed by atoms with van der Waals surface area (Å²) in [6.45, 7) is 2.62. The van der Waals surface area contributed by atoms with Gasteiger partial charge in [0.1, 0.15) is 0 Å². The fourth-order valence-corrected chi connectivity index (χ4v) is 3.15. The van der Waals surface area contributed by atoms with Gasteiger partial charge < -0.3 is 15.0 Å². The van der Waals surface area contributed by atoms with Crippen molar-refractivity contribution in [1.29, 1.82) is 0 Å². The molecule has 1 heterocycles. The van der Waals surface area contributed by atoms with E-state index in [0.29, 0.717) is 19.5 Å². The average molecular weight is 354 g/mol. The van der Waals surface area contributed by atoms with Gasteiger partial charge in [0, 0.05) is 45.7 Å². The van der Waals surface area contributed by atoms with Crippen LogP contribution in [0.3, 0.4) is 0 Å². The van der Waals surface area contributed by atoms with Crippen LogP contribution < -0.4 is 5.32 Å². The normalized spacial score (nSPS) is 20.4. The van der Waals surface area contributed by atoms with E-state index in [-0.39, 0.29) is 30.3 Å². The highest BCUT2D eigenvalue weighted by molar-refractivity contribution is 5.76. The zero-order chi connectivity index (χ0) is 18.4. The lowest BCUT2D eigenvalue weighted by atomic mass is 9.87. The molecule has 1 N–H and O–H groups in total. The Bertz CT molecular complexity index is 639. The van der Waals surface area contributed by atoms with E-state index in [0.717, 1.165) is 18.9 Å². The summed E-state index contributed by atoms with van der Waals surface area (Å²) in [4.78, 5) is 25.4. The van der Waals surface area contributed by atoms with Crippen LogP contribution in [0.1, 0.15) is 38.2 Å². The summed E-state index contributed by atoms with van der Waals surface area (Å²) in [5.41, 5.74) is -0.430. The molecule has 0 aromatic heterocycles. The Labute approximate surface area is 146 Å². The van der Waals surface area contributed by atoms with Crippen LogP contribution in [0, 0.1) is 11.6 Å². The number of carbonyl (C=O) groups is 2. The van der Waals surface area contributed by atoms with Crippen LogP contribution in [0.2, 0.25) is 0 Å². The molecule has 0 radical (unpaired) electrons. The lowest BCUT2D eigenvalue weighted by Gasteiger charge is -2.41. The van der Waals surface area contributed by atoms with E-state index < -0.39 is 17.2 Å². The highest BCUT2D eigenvalue weighted by atomic mass is 19.2. The summed E-state index contributed by atoms with van der Waals surface area (Å²) in [6, 6.07) is 3.87. The molecule has 1 atom stereocenters. The van der Waals surface area contributed by atoms with Crippen molar-refractivity contribution in [3.63, 3.8) is 0 Å². The molecule has 1 aliphatic heterocycles. The number of piperidine rings is 1. The number of nitrogens with one attached hydrogen (secondary N) is 1. The molecule has 25 heavy (non-hydrogen) atoms. The van der Waals surface area contributed by atoms with Crippen LogP contribution in [-0.4, -0.2) is 42.5 Å². The molecule has 1 saturated heterocycles. The van der Waals surface area contributed by atoms with Crippen molar-refractivity contribution < 1.29 is 23.1 Å². The molecule has 7 heteroatoms. The van der Waals surface area contributed by atoms with Crippen molar-refractivity contribution in [3.05, 3.63) is 35.4 Å². The molecule has 1 fully saturated rings. The Balaban J connectivity index is 1.87. The van der Waals surface area contributed by atoms with Gasteiger partial charge in [0.05, 0.1) is 5.60 Å². The zero-order valence-corrected chi connectivity index (χ0v) is 14.6. The molecule has 1 aromatic rings. The maximum Gasteiger partial charge on any atom is 0.220 e. The second-order valence-electron chi connectivity index (χ2n) is 6.42. The molecule has 0 bridgehead atoms. The molecular weight excluding hydrogens is 330 g/mol. The van der Waals surface area contributed by atoms with E-state index in [4.69, 9.17) is 4.74 Å². The highest BCUT2D eigenvalue weighted by Crippen LogP contribution is 2.29. The van der Waals surface area contributed by atoms with Crippen molar-refractivity contribution in [2.45, 2.75) is 44.8 Å². The Morgan fingerprint density at radius 3 is 2.80 bits per heavy atom. The Hall–Kier alpha value is -2.02. The topological polar surface area (TPSA) is 58.6 Å². The summed E-state index contributed by atoms with van der Waals surface area (Å²) in [7, 11) is 1.59. The van der Waals surface area contributed by atoms with Crippen molar-refractivity contribution in [2.24, 2.45) is 0 Å². The number of hydrogen-bond donors (Lipinski definition) is 1. The van der Waals surface area contributed by atoms with Crippen molar-refractivity contribution in [3.8, 4) is 0 Å². The number of halogens is 2. The number of methoxy groups -OCH3 is 1. The monoisotopic (exact) mass is 354 g/mol.